The number of thioether (sulfide) groups is 1. The van der Waals surface area contributed by atoms with Gasteiger partial charge in [0.1, 0.15) is 4.32 Å². The summed E-state index contributed by atoms with van der Waals surface area (Å²) in [6.45, 7) is 2.18. The molecule has 0 fully saturated rings. The van der Waals surface area contributed by atoms with E-state index in [2.05, 4.69) is 12.2 Å². The Balaban J connectivity index is 3.41. The summed E-state index contributed by atoms with van der Waals surface area (Å²) in [5.74, 6) is 0. The molecule has 0 saturated carbocycles. The molecule has 0 spiro atoms. The zero-order valence-corrected chi connectivity index (χ0v) is 10.6. The largest absolute Gasteiger partial charge is 0.278 e. The summed E-state index contributed by atoms with van der Waals surface area (Å²) >= 11 is 12.2. The Morgan fingerprint density at radius 1 is 1.57 bits per heavy atom. The summed E-state index contributed by atoms with van der Waals surface area (Å²) in [6.07, 6.45) is 7.56. The topological polar surface area (TPSA) is 35.8 Å². The number of unbranched alkanes of at least 4 members (excludes halogenated alkanes) is 3. The molecule has 1 unspecified atom stereocenters. The second kappa shape index (κ2) is 9.57. The highest BCUT2D eigenvalue weighted by Gasteiger charge is 2.07. The van der Waals surface area contributed by atoms with E-state index >= 15 is 0 Å². The molecule has 0 aliphatic carbocycles. The van der Waals surface area contributed by atoms with Gasteiger partial charge in [0.05, 0.1) is 4.71 Å². The average Bonchev–Trinajstić information content (AvgIpc) is 2.13. The van der Waals surface area contributed by atoms with Gasteiger partial charge in [0, 0.05) is 0 Å². The molecule has 2 nitrogen and oxygen atoms in total. The van der Waals surface area contributed by atoms with Crippen molar-refractivity contribution in [2.24, 2.45) is 0 Å². The zero-order chi connectivity index (χ0) is 10.8. The quantitative estimate of drug-likeness (QED) is 0.257. The van der Waals surface area contributed by atoms with Gasteiger partial charge in [-0.3, -0.25) is 5.32 Å². The summed E-state index contributed by atoms with van der Waals surface area (Å²) in [6, 6.07) is 0. The van der Waals surface area contributed by atoms with E-state index in [0.29, 0.717) is 4.32 Å². The van der Waals surface area contributed by atoms with Gasteiger partial charge in [0.2, 0.25) is 0 Å². The Kier molecular flexibility index (Phi) is 9.58. The highest BCUT2D eigenvalue weighted by molar-refractivity contribution is 8.24. The van der Waals surface area contributed by atoms with Gasteiger partial charge in [0.25, 0.3) is 0 Å². The molecule has 0 heterocycles. The fourth-order valence-electron chi connectivity index (χ4n) is 0.982. The van der Waals surface area contributed by atoms with Crippen LogP contribution in [0.5, 0.6) is 0 Å². The number of alkyl halides is 1. The molecule has 0 saturated heterocycles. The third-order valence-corrected chi connectivity index (χ3v) is 3.36. The fourth-order valence-corrected chi connectivity index (χ4v) is 2.58. The van der Waals surface area contributed by atoms with Gasteiger partial charge < -0.3 is 0 Å². The van der Waals surface area contributed by atoms with E-state index in [1.807, 2.05) is 0 Å². The molecular formula is C9H15ClN2S2. The standard InChI is InChI=1S/C9H15ClN2S2/c1-2-3-4-5-6-8(10)14-9(13)12-7-11/h8H,2-6H2,1H3,(H,12,13). The number of halogens is 1. The first-order valence-electron chi connectivity index (χ1n) is 4.70. The van der Waals surface area contributed by atoms with Crippen molar-refractivity contribution in [2.75, 3.05) is 0 Å². The molecule has 0 radical (unpaired) electrons. The summed E-state index contributed by atoms with van der Waals surface area (Å²) in [5.41, 5.74) is 0. The fraction of sp³-hybridized carbons (Fsp3) is 0.778. The smallest absolute Gasteiger partial charge is 0.182 e. The van der Waals surface area contributed by atoms with Crippen molar-refractivity contribution in [1.29, 1.82) is 5.26 Å². The SMILES string of the molecule is CCCCCCC(Cl)SC(=S)NC#N. The summed E-state index contributed by atoms with van der Waals surface area (Å²) in [5, 5.41) is 10.7. The summed E-state index contributed by atoms with van der Waals surface area (Å²) < 4.78 is 0.447. The Hall–Kier alpha value is 0.0200. The maximum Gasteiger partial charge on any atom is 0.182 e. The van der Waals surface area contributed by atoms with Crippen LogP contribution in [0.4, 0.5) is 0 Å². The monoisotopic (exact) mass is 250 g/mol. The number of thiocarbonyl (C=S) groups is 1. The normalized spacial score (nSPS) is 11.8. The Bertz CT molecular complexity index is 203. The molecule has 0 aliphatic rings. The van der Waals surface area contributed by atoms with Gasteiger partial charge in [-0.05, 0) is 6.42 Å². The molecule has 0 aliphatic heterocycles. The molecule has 0 rings (SSSR count). The predicted molar refractivity (Wildman–Crippen MR) is 67.3 cm³/mol. The molecule has 80 valence electrons. The minimum Gasteiger partial charge on any atom is -0.278 e. The number of nitrogens with one attached hydrogen (secondary N) is 1. The van der Waals surface area contributed by atoms with Crippen LogP contribution in [0.25, 0.3) is 0 Å². The van der Waals surface area contributed by atoms with E-state index < -0.39 is 0 Å². The lowest BCUT2D eigenvalue weighted by atomic mass is 10.2. The van der Waals surface area contributed by atoms with Gasteiger partial charge in [-0.15, -0.1) is 11.6 Å². The molecule has 1 atom stereocenters. The van der Waals surface area contributed by atoms with Crippen molar-refractivity contribution in [2.45, 2.75) is 43.7 Å². The minimum absolute atomic E-state index is 0.0137. The van der Waals surface area contributed by atoms with Crippen LogP contribution in [-0.4, -0.2) is 9.03 Å². The molecule has 0 aromatic heterocycles. The van der Waals surface area contributed by atoms with Crippen molar-refractivity contribution < 1.29 is 0 Å². The van der Waals surface area contributed by atoms with Crippen molar-refractivity contribution >= 4 is 39.9 Å². The van der Waals surface area contributed by atoms with E-state index in [9.17, 15) is 0 Å². The molecule has 14 heavy (non-hydrogen) atoms. The zero-order valence-electron chi connectivity index (χ0n) is 8.25. The minimum atomic E-state index is -0.0137. The number of nitrogens with zero attached hydrogens (tertiary/aromatic N) is 1. The van der Waals surface area contributed by atoms with E-state index in [1.54, 1.807) is 6.19 Å². The van der Waals surface area contributed by atoms with Crippen molar-refractivity contribution in [3.63, 3.8) is 0 Å². The van der Waals surface area contributed by atoms with Crippen LogP contribution in [0.3, 0.4) is 0 Å². The highest BCUT2D eigenvalue weighted by Crippen LogP contribution is 2.22. The van der Waals surface area contributed by atoms with E-state index in [0.717, 1.165) is 12.8 Å². The van der Waals surface area contributed by atoms with Gasteiger partial charge in [-0.2, -0.15) is 5.26 Å². The maximum atomic E-state index is 8.29. The molecule has 0 aromatic rings. The second-order valence-corrected chi connectivity index (χ2v) is 5.57. The van der Waals surface area contributed by atoms with Gasteiger partial charge in [0.15, 0.2) is 6.19 Å². The predicted octanol–water partition coefficient (Wildman–Crippen LogP) is 3.61. The van der Waals surface area contributed by atoms with Crippen LogP contribution in [0.15, 0.2) is 0 Å². The van der Waals surface area contributed by atoms with Crippen molar-refractivity contribution in [1.82, 2.24) is 5.32 Å². The number of rotatable bonds is 6. The lowest BCUT2D eigenvalue weighted by molar-refractivity contribution is 0.652. The van der Waals surface area contributed by atoms with E-state index in [1.165, 1.54) is 31.0 Å². The van der Waals surface area contributed by atoms with Gasteiger partial charge in [-0.25, -0.2) is 0 Å². The van der Waals surface area contributed by atoms with Gasteiger partial charge in [-0.1, -0.05) is 56.6 Å². The van der Waals surface area contributed by atoms with Crippen LogP contribution in [-0.2, 0) is 0 Å². The van der Waals surface area contributed by atoms with Crippen LogP contribution in [0, 0.1) is 11.5 Å². The van der Waals surface area contributed by atoms with E-state index in [4.69, 9.17) is 29.1 Å². The van der Waals surface area contributed by atoms with Crippen molar-refractivity contribution in [3.05, 3.63) is 0 Å². The average molecular weight is 251 g/mol. The molecule has 0 amide bonds. The van der Waals surface area contributed by atoms with Crippen LogP contribution in [0.2, 0.25) is 0 Å². The number of hydrogen-bond donors (Lipinski definition) is 1. The molecule has 5 heteroatoms. The first kappa shape index (κ1) is 14.0. The lowest BCUT2D eigenvalue weighted by Gasteiger charge is -2.07. The molecule has 0 bridgehead atoms. The Morgan fingerprint density at radius 3 is 2.86 bits per heavy atom. The van der Waals surface area contributed by atoms with Crippen molar-refractivity contribution in [3.8, 4) is 6.19 Å². The van der Waals surface area contributed by atoms with E-state index in [-0.39, 0.29) is 4.71 Å². The third-order valence-electron chi connectivity index (χ3n) is 1.68. The number of hydrogen-bond acceptors (Lipinski definition) is 3. The molecule has 0 aromatic carbocycles. The Labute approximate surface area is 100 Å². The first-order valence-corrected chi connectivity index (χ1v) is 6.43. The maximum absolute atomic E-state index is 8.29. The summed E-state index contributed by atoms with van der Waals surface area (Å²) in [7, 11) is 0. The lowest BCUT2D eigenvalue weighted by Crippen LogP contribution is -2.13. The summed E-state index contributed by atoms with van der Waals surface area (Å²) in [4.78, 5) is 0. The third kappa shape index (κ3) is 8.61. The highest BCUT2D eigenvalue weighted by atomic mass is 35.5. The molecule has 1 N–H and O–H groups in total. The first-order chi connectivity index (χ1) is 6.70. The Morgan fingerprint density at radius 2 is 2.29 bits per heavy atom. The van der Waals surface area contributed by atoms with Crippen LogP contribution >= 0.6 is 35.6 Å². The van der Waals surface area contributed by atoms with Crippen LogP contribution in [0.1, 0.15) is 39.0 Å². The van der Waals surface area contributed by atoms with Gasteiger partial charge >= 0.3 is 0 Å². The van der Waals surface area contributed by atoms with Crippen LogP contribution < -0.4 is 5.32 Å². The molecular weight excluding hydrogens is 236 g/mol. The number of nitriles is 1. The second-order valence-electron chi connectivity index (χ2n) is 2.90.